The van der Waals surface area contributed by atoms with Crippen LogP contribution in [0, 0.1) is 0 Å². The van der Waals surface area contributed by atoms with Gasteiger partial charge in [-0.3, -0.25) is 0 Å². The van der Waals surface area contributed by atoms with Crippen LogP contribution in [-0.2, 0) is 13.0 Å². The quantitative estimate of drug-likeness (QED) is 0.813. The van der Waals surface area contributed by atoms with E-state index in [4.69, 9.17) is 4.98 Å². The van der Waals surface area contributed by atoms with Crippen molar-refractivity contribution in [3.8, 4) is 0 Å². The van der Waals surface area contributed by atoms with Gasteiger partial charge in [0.05, 0.1) is 12.0 Å². The average molecular weight is 363 g/mol. The summed E-state index contributed by atoms with van der Waals surface area (Å²) in [5, 5.41) is 4.01. The zero-order valence-electron chi connectivity index (χ0n) is 15.2. The minimum Gasteiger partial charge on any atom is -0.345 e. The van der Waals surface area contributed by atoms with E-state index in [-0.39, 0.29) is 0 Å². The van der Waals surface area contributed by atoms with E-state index in [1.54, 1.807) is 18.1 Å². The van der Waals surface area contributed by atoms with Crippen molar-refractivity contribution >= 4 is 35.2 Å². The molecular weight excluding hydrogens is 340 g/mol. The first-order valence-electron chi connectivity index (χ1n) is 8.83. The van der Waals surface area contributed by atoms with Gasteiger partial charge in [-0.15, -0.1) is 0 Å². The van der Waals surface area contributed by atoms with Gasteiger partial charge in [0.25, 0.3) is 0 Å². The number of aliphatic imine (C=N–C) groups is 1. The Hall–Kier alpha value is -2.53. The van der Waals surface area contributed by atoms with Gasteiger partial charge in [0.2, 0.25) is 0 Å². The molecule has 1 aromatic carbocycles. The molecule has 0 bridgehead atoms. The number of fused-ring (bicyclic) bond motifs is 2. The molecule has 26 heavy (non-hydrogen) atoms. The van der Waals surface area contributed by atoms with Crippen molar-refractivity contribution in [2.75, 3.05) is 0 Å². The zero-order chi connectivity index (χ0) is 18.3. The summed E-state index contributed by atoms with van der Waals surface area (Å²) in [6, 6.07) is 6.65. The van der Waals surface area contributed by atoms with Crippen LogP contribution in [0.5, 0.6) is 0 Å². The first kappa shape index (κ1) is 16.9. The van der Waals surface area contributed by atoms with E-state index in [1.165, 1.54) is 21.6 Å². The number of hydrogen-bond acceptors (Lipinski definition) is 4. The van der Waals surface area contributed by atoms with Crippen LogP contribution in [0.25, 0.3) is 11.3 Å². The second-order valence-electron chi connectivity index (χ2n) is 6.68. The maximum Gasteiger partial charge on any atom is 0.175 e. The molecule has 0 radical (unpaired) electrons. The van der Waals surface area contributed by atoms with Gasteiger partial charge >= 0.3 is 0 Å². The Kier molecular flexibility index (Phi) is 4.32. The topological polar surface area (TPSA) is 42.2 Å². The molecule has 1 aliphatic carbocycles. The number of nitrogens with zero attached hydrogens (tertiary/aromatic N) is 3. The van der Waals surface area contributed by atoms with E-state index in [0.717, 1.165) is 47.3 Å². The molecule has 0 saturated carbocycles. The highest BCUT2D eigenvalue weighted by atomic mass is 32.2. The molecule has 1 aliphatic heterocycles. The predicted molar refractivity (Wildman–Crippen MR) is 110 cm³/mol. The molecule has 4 nitrogen and oxygen atoms in total. The van der Waals surface area contributed by atoms with Gasteiger partial charge in [-0.2, -0.15) is 0 Å². The Morgan fingerprint density at radius 3 is 2.96 bits per heavy atom. The SMILES string of the molecule is C=C1C=C(C)c2ccc(Sc3nc4c(n3CCC)N=CNC4=C)cc2C1. The second kappa shape index (κ2) is 6.65. The fourth-order valence-corrected chi connectivity index (χ4v) is 4.42. The Morgan fingerprint density at radius 1 is 1.31 bits per heavy atom. The lowest BCUT2D eigenvalue weighted by molar-refractivity contribution is 0.624. The maximum atomic E-state index is 4.81. The van der Waals surface area contributed by atoms with E-state index in [2.05, 4.69) is 66.2 Å². The highest BCUT2D eigenvalue weighted by Gasteiger charge is 2.21. The highest BCUT2D eigenvalue weighted by Crippen LogP contribution is 2.37. The number of allylic oxidation sites excluding steroid dienone is 3. The van der Waals surface area contributed by atoms with Crippen LogP contribution in [0.4, 0.5) is 5.82 Å². The molecular formula is C21H22N4S. The lowest BCUT2D eigenvalue weighted by Crippen LogP contribution is -2.13. The number of aromatic nitrogens is 2. The van der Waals surface area contributed by atoms with Gasteiger partial charge in [0, 0.05) is 11.4 Å². The predicted octanol–water partition coefficient (Wildman–Crippen LogP) is 5.19. The van der Waals surface area contributed by atoms with Gasteiger partial charge in [0.1, 0.15) is 5.69 Å². The standard InChI is InChI=1S/C21H22N4S/c1-5-8-25-20-19(15(4)22-12-23-20)24-21(25)26-17-6-7-18-14(3)9-13(2)10-16(18)11-17/h6-7,9,11-12H,2,4-5,8,10H2,1,3H3,(H,22,23). The molecule has 0 amide bonds. The molecule has 0 fully saturated rings. The molecule has 0 saturated heterocycles. The summed E-state index contributed by atoms with van der Waals surface area (Å²) in [5.74, 6) is 0.892. The fourth-order valence-electron chi connectivity index (χ4n) is 3.45. The summed E-state index contributed by atoms with van der Waals surface area (Å²) < 4.78 is 2.19. The van der Waals surface area contributed by atoms with Gasteiger partial charge in [-0.05, 0) is 48.6 Å². The fraction of sp³-hybridized carbons (Fsp3) is 0.238. The van der Waals surface area contributed by atoms with Gasteiger partial charge in [-0.1, -0.05) is 49.6 Å². The summed E-state index contributed by atoms with van der Waals surface area (Å²) in [6.45, 7) is 13.4. The van der Waals surface area contributed by atoms with Gasteiger partial charge in [-0.25, -0.2) is 9.98 Å². The third-order valence-electron chi connectivity index (χ3n) is 4.61. The first-order chi connectivity index (χ1) is 12.6. The van der Waals surface area contributed by atoms with Crippen molar-refractivity contribution in [1.82, 2.24) is 14.9 Å². The lowest BCUT2D eigenvalue weighted by atomic mass is 9.89. The average Bonchev–Trinajstić information content (AvgIpc) is 2.94. The molecule has 4 rings (SSSR count). The van der Waals surface area contributed by atoms with Crippen molar-refractivity contribution in [3.63, 3.8) is 0 Å². The third-order valence-corrected chi connectivity index (χ3v) is 5.60. The Labute approximate surface area is 158 Å². The van der Waals surface area contributed by atoms with Crippen LogP contribution in [0.1, 0.15) is 37.1 Å². The van der Waals surface area contributed by atoms with Crippen molar-refractivity contribution in [2.24, 2.45) is 4.99 Å². The van der Waals surface area contributed by atoms with E-state index in [1.807, 2.05) is 0 Å². The van der Waals surface area contributed by atoms with E-state index >= 15 is 0 Å². The zero-order valence-corrected chi connectivity index (χ0v) is 16.0. The summed E-state index contributed by atoms with van der Waals surface area (Å²) in [5.41, 5.74) is 6.75. The number of rotatable bonds is 4. The molecule has 2 aromatic rings. The maximum absolute atomic E-state index is 4.81. The molecule has 2 heterocycles. The summed E-state index contributed by atoms with van der Waals surface area (Å²) in [4.78, 5) is 10.5. The number of imidazole rings is 1. The second-order valence-corrected chi connectivity index (χ2v) is 7.72. The van der Waals surface area contributed by atoms with Crippen LogP contribution >= 0.6 is 11.8 Å². The molecule has 132 valence electrons. The van der Waals surface area contributed by atoms with Crippen LogP contribution < -0.4 is 5.32 Å². The van der Waals surface area contributed by atoms with Crippen molar-refractivity contribution < 1.29 is 0 Å². The van der Waals surface area contributed by atoms with E-state index in [0.29, 0.717) is 0 Å². The minimum atomic E-state index is 0.800. The van der Waals surface area contributed by atoms with E-state index < -0.39 is 0 Å². The Balaban J connectivity index is 1.71. The molecule has 2 aliphatic rings. The Bertz CT molecular complexity index is 978. The van der Waals surface area contributed by atoms with Crippen LogP contribution in [0.2, 0.25) is 0 Å². The van der Waals surface area contributed by atoms with Crippen LogP contribution in [0.15, 0.2) is 58.1 Å². The van der Waals surface area contributed by atoms with Crippen molar-refractivity contribution in [2.45, 2.75) is 43.3 Å². The normalized spacial score (nSPS) is 15.4. The highest BCUT2D eigenvalue weighted by molar-refractivity contribution is 7.99. The van der Waals surface area contributed by atoms with Crippen molar-refractivity contribution in [3.05, 3.63) is 59.8 Å². The summed E-state index contributed by atoms with van der Waals surface area (Å²) >= 11 is 1.68. The Morgan fingerprint density at radius 2 is 2.15 bits per heavy atom. The minimum absolute atomic E-state index is 0.800. The molecule has 0 spiro atoms. The molecule has 0 unspecified atom stereocenters. The largest absolute Gasteiger partial charge is 0.345 e. The van der Waals surface area contributed by atoms with Crippen molar-refractivity contribution in [1.29, 1.82) is 0 Å². The van der Waals surface area contributed by atoms with Crippen LogP contribution in [-0.4, -0.2) is 15.9 Å². The number of hydrogen-bond donors (Lipinski definition) is 1. The molecule has 5 heteroatoms. The van der Waals surface area contributed by atoms with Gasteiger partial charge in [0.15, 0.2) is 11.0 Å². The summed E-state index contributed by atoms with van der Waals surface area (Å²) in [7, 11) is 0. The lowest BCUT2D eigenvalue weighted by Gasteiger charge is -2.17. The third kappa shape index (κ3) is 2.92. The molecule has 0 atom stereocenters. The monoisotopic (exact) mass is 362 g/mol. The first-order valence-corrected chi connectivity index (χ1v) is 9.64. The molecule has 1 aromatic heterocycles. The molecule has 1 N–H and O–H groups in total. The smallest absolute Gasteiger partial charge is 0.175 e. The number of benzene rings is 1. The van der Waals surface area contributed by atoms with Crippen LogP contribution in [0.3, 0.4) is 0 Å². The van der Waals surface area contributed by atoms with E-state index in [9.17, 15) is 0 Å². The van der Waals surface area contributed by atoms with Gasteiger partial charge < -0.3 is 9.88 Å². The summed E-state index contributed by atoms with van der Waals surface area (Å²) in [6.07, 6.45) is 5.80. The number of nitrogens with one attached hydrogen (secondary N) is 1.